The van der Waals surface area contributed by atoms with Crippen molar-refractivity contribution in [1.82, 2.24) is 9.97 Å². The number of hydrogen-bond donors (Lipinski definition) is 2. The smallest absolute Gasteiger partial charge is 0.146 e. The van der Waals surface area contributed by atoms with Gasteiger partial charge in [-0.2, -0.15) is 0 Å². The van der Waals surface area contributed by atoms with Gasteiger partial charge in [0.25, 0.3) is 0 Å². The predicted octanol–water partition coefficient (Wildman–Crippen LogP) is 4.89. The molecule has 0 aliphatic carbocycles. The van der Waals surface area contributed by atoms with Crippen molar-refractivity contribution in [2.75, 3.05) is 17.2 Å². The summed E-state index contributed by atoms with van der Waals surface area (Å²) in [5.41, 5.74) is 1.03. The summed E-state index contributed by atoms with van der Waals surface area (Å²) in [6.07, 6.45) is 2.58. The molecular weight excluding hydrogens is 352 g/mol. The topological polar surface area (TPSA) is 49.8 Å². The number of nitrogens with one attached hydrogen (secondary N) is 2. The molecule has 2 aromatic rings. The third-order valence-corrected chi connectivity index (χ3v) is 4.15. The number of anilines is 2. The van der Waals surface area contributed by atoms with Gasteiger partial charge in [-0.15, -0.1) is 0 Å². The van der Waals surface area contributed by atoms with Gasteiger partial charge >= 0.3 is 0 Å². The van der Waals surface area contributed by atoms with Gasteiger partial charge in [-0.3, -0.25) is 0 Å². The van der Waals surface area contributed by atoms with Gasteiger partial charge < -0.3 is 10.6 Å². The highest BCUT2D eigenvalue weighted by molar-refractivity contribution is 9.10. The van der Waals surface area contributed by atoms with E-state index in [0.29, 0.717) is 0 Å². The highest BCUT2D eigenvalue weighted by Gasteiger charge is 2.13. The number of hydrogen-bond acceptors (Lipinski definition) is 4. The summed E-state index contributed by atoms with van der Waals surface area (Å²) in [7, 11) is 0. The molecule has 0 saturated heterocycles. The Hall–Kier alpha value is -1.33. The maximum Gasteiger partial charge on any atom is 0.146 e. The van der Waals surface area contributed by atoms with Crippen molar-refractivity contribution in [3.8, 4) is 0 Å². The maximum atomic E-state index is 6.23. The molecule has 0 spiro atoms. The minimum Gasteiger partial charge on any atom is -0.369 e. The molecule has 0 fully saturated rings. The molecule has 0 amide bonds. The molecule has 0 bridgehead atoms. The molecule has 1 aromatic carbocycles. The second-order valence-electron chi connectivity index (χ2n) is 4.70. The first-order valence-electron chi connectivity index (χ1n) is 6.88. The van der Waals surface area contributed by atoms with Crippen LogP contribution in [0, 0.1) is 0 Å². The molecule has 0 aliphatic heterocycles. The van der Waals surface area contributed by atoms with E-state index < -0.39 is 0 Å². The van der Waals surface area contributed by atoms with E-state index in [1.54, 1.807) is 6.33 Å². The van der Waals surface area contributed by atoms with Crippen molar-refractivity contribution in [1.29, 1.82) is 0 Å². The van der Waals surface area contributed by atoms with Gasteiger partial charge in [0.15, 0.2) is 0 Å². The van der Waals surface area contributed by atoms with Gasteiger partial charge in [-0.05, 0) is 40.9 Å². The van der Waals surface area contributed by atoms with Crippen molar-refractivity contribution in [3.05, 3.63) is 45.7 Å². The minimum atomic E-state index is 0.0453. The normalized spacial score (nSPS) is 12.0. The van der Waals surface area contributed by atoms with Gasteiger partial charge in [0.2, 0.25) is 0 Å². The minimum absolute atomic E-state index is 0.0453. The summed E-state index contributed by atoms with van der Waals surface area (Å²) in [5.74, 6) is 1.54. The lowest BCUT2D eigenvalue weighted by Gasteiger charge is -2.18. The SMILES string of the molecule is CCCNc1ncnc(NC(C)c2ccccc2Cl)c1Br. The van der Waals surface area contributed by atoms with Crippen molar-refractivity contribution in [3.63, 3.8) is 0 Å². The fourth-order valence-corrected chi connectivity index (χ4v) is 2.70. The average Bonchev–Trinajstić information content (AvgIpc) is 2.48. The van der Waals surface area contributed by atoms with Crippen molar-refractivity contribution in [2.45, 2.75) is 26.3 Å². The zero-order valence-corrected chi connectivity index (χ0v) is 14.4. The molecule has 21 heavy (non-hydrogen) atoms. The standard InChI is InChI=1S/C15H18BrClN4/c1-3-8-18-14-13(16)15(20-9-19-14)21-10(2)11-6-4-5-7-12(11)17/h4-7,9-10H,3,8H2,1-2H3,(H2,18,19,20,21). The maximum absolute atomic E-state index is 6.23. The van der Waals surface area contributed by atoms with Crippen LogP contribution >= 0.6 is 27.5 Å². The van der Waals surface area contributed by atoms with Crippen LogP contribution in [-0.4, -0.2) is 16.5 Å². The van der Waals surface area contributed by atoms with Crippen LogP contribution in [0.15, 0.2) is 35.1 Å². The Balaban J connectivity index is 2.18. The monoisotopic (exact) mass is 368 g/mol. The number of aromatic nitrogens is 2. The van der Waals surface area contributed by atoms with Gasteiger partial charge in [0.1, 0.15) is 22.4 Å². The Labute approximate surface area is 138 Å². The van der Waals surface area contributed by atoms with Crippen LogP contribution in [0.25, 0.3) is 0 Å². The first-order chi connectivity index (χ1) is 10.1. The lowest BCUT2D eigenvalue weighted by atomic mass is 10.1. The summed E-state index contributed by atoms with van der Waals surface area (Å²) < 4.78 is 0.831. The summed E-state index contributed by atoms with van der Waals surface area (Å²) in [6.45, 7) is 5.03. The third kappa shape index (κ3) is 4.08. The number of benzene rings is 1. The molecule has 6 heteroatoms. The fourth-order valence-electron chi connectivity index (χ4n) is 1.95. The fraction of sp³-hybridized carbons (Fsp3) is 0.333. The van der Waals surface area contributed by atoms with E-state index in [9.17, 15) is 0 Å². The molecule has 0 radical (unpaired) electrons. The first kappa shape index (κ1) is 16.0. The first-order valence-corrected chi connectivity index (χ1v) is 8.06. The zero-order chi connectivity index (χ0) is 15.2. The van der Waals surface area contributed by atoms with Gasteiger partial charge in [0, 0.05) is 11.6 Å². The zero-order valence-electron chi connectivity index (χ0n) is 12.0. The molecular formula is C15H18BrClN4. The molecule has 0 aliphatic rings. The summed E-state index contributed by atoms with van der Waals surface area (Å²) >= 11 is 9.78. The second kappa shape index (κ2) is 7.61. The van der Waals surface area contributed by atoms with E-state index in [4.69, 9.17) is 11.6 Å². The van der Waals surface area contributed by atoms with E-state index >= 15 is 0 Å². The number of nitrogens with zero attached hydrogens (tertiary/aromatic N) is 2. The van der Waals surface area contributed by atoms with E-state index in [0.717, 1.165) is 39.7 Å². The van der Waals surface area contributed by atoms with E-state index in [2.05, 4.69) is 50.4 Å². The van der Waals surface area contributed by atoms with E-state index in [1.165, 1.54) is 0 Å². The predicted molar refractivity (Wildman–Crippen MR) is 92.0 cm³/mol. The molecule has 1 atom stereocenters. The molecule has 2 rings (SSSR count). The Morgan fingerprint density at radius 3 is 2.67 bits per heavy atom. The molecule has 0 saturated carbocycles. The molecule has 2 N–H and O–H groups in total. The van der Waals surface area contributed by atoms with Crippen LogP contribution in [0.3, 0.4) is 0 Å². The van der Waals surface area contributed by atoms with E-state index in [1.807, 2.05) is 24.3 Å². The van der Waals surface area contributed by atoms with Crippen molar-refractivity contribution >= 4 is 39.2 Å². The molecule has 112 valence electrons. The Bertz CT molecular complexity index is 606. The molecule has 1 heterocycles. The van der Waals surface area contributed by atoms with Crippen LogP contribution < -0.4 is 10.6 Å². The lowest BCUT2D eigenvalue weighted by molar-refractivity contribution is 0.869. The summed E-state index contributed by atoms with van der Waals surface area (Å²) in [6, 6.07) is 7.84. The molecule has 1 aromatic heterocycles. The number of rotatable bonds is 6. The van der Waals surface area contributed by atoms with Crippen LogP contribution in [0.5, 0.6) is 0 Å². The van der Waals surface area contributed by atoms with Gasteiger partial charge in [0.05, 0.1) is 6.04 Å². The Morgan fingerprint density at radius 1 is 1.24 bits per heavy atom. The molecule has 4 nitrogen and oxygen atoms in total. The molecule has 1 unspecified atom stereocenters. The summed E-state index contributed by atoms with van der Waals surface area (Å²) in [5, 5.41) is 7.37. The number of halogens is 2. The van der Waals surface area contributed by atoms with Crippen LogP contribution in [0.4, 0.5) is 11.6 Å². The van der Waals surface area contributed by atoms with Crippen LogP contribution in [0.1, 0.15) is 31.9 Å². The Kier molecular flexibility index (Phi) is 5.82. The van der Waals surface area contributed by atoms with Crippen LogP contribution in [0.2, 0.25) is 5.02 Å². The second-order valence-corrected chi connectivity index (χ2v) is 5.90. The van der Waals surface area contributed by atoms with Gasteiger partial charge in [-0.25, -0.2) is 9.97 Å². The van der Waals surface area contributed by atoms with Crippen molar-refractivity contribution in [2.24, 2.45) is 0 Å². The van der Waals surface area contributed by atoms with Crippen molar-refractivity contribution < 1.29 is 0 Å². The summed E-state index contributed by atoms with van der Waals surface area (Å²) in [4.78, 5) is 8.53. The largest absolute Gasteiger partial charge is 0.369 e. The Morgan fingerprint density at radius 2 is 1.95 bits per heavy atom. The quantitative estimate of drug-likeness (QED) is 0.761. The van der Waals surface area contributed by atoms with Gasteiger partial charge in [-0.1, -0.05) is 36.7 Å². The van der Waals surface area contributed by atoms with Crippen LogP contribution in [-0.2, 0) is 0 Å². The van der Waals surface area contributed by atoms with E-state index in [-0.39, 0.29) is 6.04 Å². The third-order valence-electron chi connectivity index (χ3n) is 3.06. The average molecular weight is 370 g/mol. The highest BCUT2D eigenvalue weighted by Crippen LogP contribution is 2.31. The highest BCUT2D eigenvalue weighted by atomic mass is 79.9. The lowest BCUT2D eigenvalue weighted by Crippen LogP contribution is -2.11.